The van der Waals surface area contributed by atoms with Crippen molar-refractivity contribution < 1.29 is 20.1 Å². The first-order chi connectivity index (χ1) is 12.2. The second-order valence-corrected chi connectivity index (χ2v) is 7.86. The lowest BCUT2D eigenvalue weighted by atomic mass is 9.86. The largest absolute Gasteiger partial charge is 0.504 e. The summed E-state index contributed by atoms with van der Waals surface area (Å²) in [6, 6.07) is 10.9. The average molecular weight is 355 g/mol. The van der Waals surface area contributed by atoms with E-state index in [0.29, 0.717) is 24.1 Å². The predicted octanol–water partition coefficient (Wildman–Crippen LogP) is 4.88. The number of hydrogen-bond acceptors (Lipinski definition) is 3. The van der Waals surface area contributed by atoms with Gasteiger partial charge in [0.25, 0.3) is 0 Å². The van der Waals surface area contributed by atoms with Crippen LogP contribution in [-0.4, -0.2) is 32.9 Å². The molecule has 0 aliphatic carbocycles. The summed E-state index contributed by atoms with van der Waals surface area (Å²) in [5, 5.41) is 30.4. The second kappa shape index (κ2) is 6.56. The van der Waals surface area contributed by atoms with Gasteiger partial charge >= 0.3 is 6.09 Å². The van der Waals surface area contributed by atoms with Gasteiger partial charge in [0.05, 0.1) is 6.04 Å². The van der Waals surface area contributed by atoms with Crippen LogP contribution in [0.4, 0.5) is 4.79 Å². The monoisotopic (exact) mass is 355 g/mol. The molecule has 5 heteroatoms. The lowest BCUT2D eigenvalue weighted by Gasteiger charge is -2.23. The molecule has 0 radical (unpaired) electrons. The van der Waals surface area contributed by atoms with Crippen molar-refractivity contribution in [3.63, 3.8) is 0 Å². The quantitative estimate of drug-likeness (QED) is 0.671. The molecule has 0 bridgehead atoms. The normalized spacial score (nSPS) is 17.5. The number of likely N-dealkylation sites (tertiary alicyclic amines) is 1. The van der Waals surface area contributed by atoms with E-state index in [0.717, 1.165) is 12.0 Å². The van der Waals surface area contributed by atoms with Gasteiger partial charge in [-0.2, -0.15) is 0 Å². The van der Waals surface area contributed by atoms with Crippen molar-refractivity contribution in [3.8, 4) is 22.6 Å². The van der Waals surface area contributed by atoms with Crippen molar-refractivity contribution in [2.24, 2.45) is 0 Å². The van der Waals surface area contributed by atoms with Crippen LogP contribution in [0.2, 0.25) is 0 Å². The molecule has 0 aromatic heterocycles. The molecular formula is C21H25NO4. The van der Waals surface area contributed by atoms with Gasteiger partial charge in [0, 0.05) is 17.7 Å². The van der Waals surface area contributed by atoms with Crippen LogP contribution in [0.1, 0.15) is 50.8 Å². The molecule has 1 aliphatic heterocycles. The number of amides is 1. The molecule has 5 nitrogen and oxygen atoms in total. The minimum atomic E-state index is -1.01. The fourth-order valence-corrected chi connectivity index (χ4v) is 3.57. The number of hydrogen-bond donors (Lipinski definition) is 3. The smallest absolute Gasteiger partial charge is 0.407 e. The van der Waals surface area contributed by atoms with Gasteiger partial charge in [0.15, 0.2) is 11.5 Å². The van der Waals surface area contributed by atoms with Crippen molar-refractivity contribution in [3.05, 3.63) is 47.5 Å². The number of benzene rings is 2. The Balaban J connectivity index is 1.96. The molecule has 2 aromatic rings. The number of carbonyl (C=O) groups is 1. The third kappa shape index (κ3) is 3.21. The second-order valence-electron chi connectivity index (χ2n) is 7.86. The topological polar surface area (TPSA) is 81.0 Å². The van der Waals surface area contributed by atoms with Crippen LogP contribution in [0.25, 0.3) is 11.1 Å². The summed E-state index contributed by atoms with van der Waals surface area (Å²) >= 11 is 0. The predicted molar refractivity (Wildman–Crippen MR) is 101 cm³/mol. The van der Waals surface area contributed by atoms with E-state index in [9.17, 15) is 20.1 Å². The van der Waals surface area contributed by atoms with Crippen LogP contribution in [0.3, 0.4) is 0 Å². The highest BCUT2D eigenvalue weighted by molar-refractivity contribution is 5.75. The van der Waals surface area contributed by atoms with Crippen molar-refractivity contribution >= 4 is 6.09 Å². The maximum atomic E-state index is 11.4. The molecule has 26 heavy (non-hydrogen) atoms. The van der Waals surface area contributed by atoms with E-state index in [-0.39, 0.29) is 16.9 Å². The molecule has 1 atom stereocenters. The zero-order valence-electron chi connectivity index (χ0n) is 15.4. The van der Waals surface area contributed by atoms with Crippen LogP contribution in [-0.2, 0) is 5.41 Å². The molecule has 1 amide bonds. The molecule has 1 unspecified atom stereocenters. The van der Waals surface area contributed by atoms with Crippen LogP contribution < -0.4 is 0 Å². The molecule has 3 rings (SSSR count). The van der Waals surface area contributed by atoms with Crippen LogP contribution in [0, 0.1) is 0 Å². The van der Waals surface area contributed by atoms with Gasteiger partial charge in [-0.15, -0.1) is 0 Å². The van der Waals surface area contributed by atoms with Crippen molar-refractivity contribution in [1.82, 2.24) is 4.90 Å². The summed E-state index contributed by atoms with van der Waals surface area (Å²) in [5.74, 6) is -0.441. The Kier molecular flexibility index (Phi) is 4.57. The van der Waals surface area contributed by atoms with E-state index >= 15 is 0 Å². The Morgan fingerprint density at radius 1 is 1.04 bits per heavy atom. The molecule has 3 N–H and O–H groups in total. The molecule has 0 spiro atoms. The molecule has 1 fully saturated rings. The van der Waals surface area contributed by atoms with E-state index in [1.165, 1.54) is 10.5 Å². The molecule has 2 aromatic carbocycles. The third-order valence-corrected chi connectivity index (χ3v) is 5.10. The van der Waals surface area contributed by atoms with Gasteiger partial charge in [-0.05, 0) is 29.4 Å². The van der Waals surface area contributed by atoms with Gasteiger partial charge in [0.1, 0.15) is 0 Å². The van der Waals surface area contributed by atoms with Gasteiger partial charge < -0.3 is 20.2 Å². The summed E-state index contributed by atoms with van der Waals surface area (Å²) in [6.07, 6.45) is 0.375. The van der Waals surface area contributed by atoms with Crippen LogP contribution in [0.15, 0.2) is 36.4 Å². The Bertz CT molecular complexity index is 821. The van der Waals surface area contributed by atoms with Crippen molar-refractivity contribution in [1.29, 1.82) is 0 Å². The summed E-state index contributed by atoms with van der Waals surface area (Å²) in [6.45, 7) is 6.85. The standard InChI is InChI=1S/C21H25NO4/c1-21(2,3)14-8-6-13(7-9-14)15-10-11-16(19(24)18(15)23)17-5-4-12-22(17)20(25)26/h6-11,17,23-24H,4-5,12H2,1-3H3,(H,25,26). The average Bonchev–Trinajstić information content (AvgIpc) is 3.06. The van der Waals surface area contributed by atoms with Crippen LogP contribution in [0.5, 0.6) is 11.5 Å². The molecular weight excluding hydrogens is 330 g/mol. The lowest BCUT2D eigenvalue weighted by molar-refractivity contribution is 0.139. The van der Waals surface area contributed by atoms with Gasteiger partial charge in [-0.1, -0.05) is 57.2 Å². The first-order valence-corrected chi connectivity index (χ1v) is 8.85. The van der Waals surface area contributed by atoms with Crippen molar-refractivity contribution in [2.45, 2.75) is 45.1 Å². The maximum absolute atomic E-state index is 11.4. The van der Waals surface area contributed by atoms with E-state index in [4.69, 9.17) is 0 Å². The SMILES string of the molecule is CC(C)(C)c1ccc(-c2ccc(C3CCCN3C(=O)O)c(O)c2O)cc1. The molecule has 1 aliphatic rings. The van der Waals surface area contributed by atoms with Gasteiger partial charge in [-0.25, -0.2) is 4.79 Å². The number of rotatable bonds is 2. The number of phenolic OH excluding ortho intramolecular Hbond substituents is 2. The van der Waals surface area contributed by atoms with Gasteiger partial charge in [-0.3, -0.25) is 0 Å². The molecule has 1 heterocycles. The van der Waals surface area contributed by atoms with E-state index < -0.39 is 12.1 Å². The summed E-state index contributed by atoms with van der Waals surface area (Å²) in [7, 11) is 0. The fraction of sp³-hybridized carbons (Fsp3) is 0.381. The minimum Gasteiger partial charge on any atom is -0.504 e. The minimum absolute atomic E-state index is 0.0370. The van der Waals surface area contributed by atoms with Gasteiger partial charge in [0.2, 0.25) is 0 Å². The molecule has 138 valence electrons. The first-order valence-electron chi connectivity index (χ1n) is 8.85. The van der Waals surface area contributed by atoms with Crippen LogP contribution >= 0.6 is 0 Å². The number of carboxylic acid groups (broad SMARTS) is 1. The number of aromatic hydroxyl groups is 2. The third-order valence-electron chi connectivity index (χ3n) is 5.10. The highest BCUT2D eigenvalue weighted by Crippen LogP contribution is 2.45. The summed E-state index contributed by atoms with van der Waals surface area (Å²) in [4.78, 5) is 12.7. The summed E-state index contributed by atoms with van der Waals surface area (Å²) in [5.41, 5.74) is 3.02. The Hall–Kier alpha value is -2.69. The Morgan fingerprint density at radius 2 is 1.69 bits per heavy atom. The zero-order chi connectivity index (χ0) is 19.1. The van der Waals surface area contributed by atoms with E-state index in [1.54, 1.807) is 12.1 Å². The molecule has 0 saturated carbocycles. The molecule has 1 saturated heterocycles. The Morgan fingerprint density at radius 3 is 2.27 bits per heavy atom. The lowest BCUT2D eigenvalue weighted by Crippen LogP contribution is -2.28. The maximum Gasteiger partial charge on any atom is 0.407 e. The summed E-state index contributed by atoms with van der Waals surface area (Å²) < 4.78 is 0. The Labute approximate surface area is 153 Å². The fourth-order valence-electron chi connectivity index (χ4n) is 3.57. The van der Waals surface area contributed by atoms with Crippen molar-refractivity contribution in [2.75, 3.05) is 6.54 Å². The highest BCUT2D eigenvalue weighted by Gasteiger charge is 2.32. The number of phenols is 2. The van der Waals surface area contributed by atoms with E-state index in [2.05, 4.69) is 20.8 Å². The van der Waals surface area contributed by atoms with E-state index in [1.807, 2.05) is 24.3 Å². The highest BCUT2D eigenvalue weighted by atomic mass is 16.4. The number of nitrogens with zero attached hydrogens (tertiary/aromatic N) is 1. The first kappa shape index (κ1) is 18.1. The zero-order valence-corrected chi connectivity index (χ0v) is 15.4.